The van der Waals surface area contributed by atoms with Crippen molar-refractivity contribution in [1.29, 1.82) is 0 Å². The van der Waals surface area contributed by atoms with E-state index >= 15 is 0 Å². The highest BCUT2D eigenvalue weighted by atomic mass is 35.5. The number of benzene rings is 2. The van der Waals surface area contributed by atoms with Crippen LogP contribution in [0, 0.1) is 5.82 Å². The third-order valence-corrected chi connectivity index (χ3v) is 3.57. The molecule has 0 aliphatic rings. The fraction of sp³-hybridized carbons (Fsp3) is 0.200. The van der Waals surface area contributed by atoms with Gasteiger partial charge in [0.25, 0.3) is 0 Å². The van der Waals surface area contributed by atoms with Gasteiger partial charge < -0.3 is 10.4 Å². The second kappa shape index (κ2) is 6.00. The molecule has 0 aromatic heterocycles. The maximum absolute atomic E-state index is 13.3. The predicted octanol–water partition coefficient (Wildman–Crippen LogP) is 4.45. The predicted molar refractivity (Wildman–Crippen MR) is 80.9 cm³/mol. The van der Waals surface area contributed by atoms with Crippen LogP contribution in [-0.4, -0.2) is 11.7 Å². The molecule has 0 spiro atoms. The first kappa shape index (κ1) is 15.1. The number of hydrogen-bond acceptors (Lipinski definition) is 2. The standard InChI is InChI=1S/C15H14Cl2FNO/c1-15(20,10-5-3-2-4-6-10)9-19-11-7-12(16)14(18)13(17)8-11/h2-8,19-20H,9H2,1H3. The molecule has 1 unspecified atom stereocenters. The van der Waals surface area contributed by atoms with E-state index in [2.05, 4.69) is 5.32 Å². The van der Waals surface area contributed by atoms with Crippen molar-refractivity contribution in [3.63, 3.8) is 0 Å². The Balaban J connectivity index is 2.12. The van der Waals surface area contributed by atoms with Crippen LogP contribution in [0.1, 0.15) is 12.5 Å². The summed E-state index contributed by atoms with van der Waals surface area (Å²) in [7, 11) is 0. The lowest BCUT2D eigenvalue weighted by Crippen LogP contribution is -2.30. The average Bonchev–Trinajstić information content (AvgIpc) is 2.43. The molecule has 2 aromatic rings. The van der Waals surface area contributed by atoms with Gasteiger partial charge in [0.15, 0.2) is 5.82 Å². The van der Waals surface area contributed by atoms with Gasteiger partial charge in [-0.2, -0.15) is 0 Å². The Labute approximate surface area is 127 Å². The SMILES string of the molecule is CC(O)(CNc1cc(Cl)c(F)c(Cl)c1)c1ccccc1. The van der Waals surface area contributed by atoms with Crippen LogP contribution in [0.4, 0.5) is 10.1 Å². The van der Waals surface area contributed by atoms with Crippen LogP contribution >= 0.6 is 23.2 Å². The topological polar surface area (TPSA) is 32.3 Å². The minimum absolute atomic E-state index is 0.0562. The summed E-state index contributed by atoms with van der Waals surface area (Å²) >= 11 is 11.4. The van der Waals surface area contributed by atoms with Crippen molar-refractivity contribution in [3.8, 4) is 0 Å². The maximum Gasteiger partial charge on any atom is 0.160 e. The van der Waals surface area contributed by atoms with Crippen LogP contribution in [-0.2, 0) is 5.60 Å². The molecular weight excluding hydrogens is 300 g/mol. The summed E-state index contributed by atoms with van der Waals surface area (Å²) in [5.74, 6) is -0.645. The Bertz CT molecular complexity index is 579. The van der Waals surface area contributed by atoms with Gasteiger partial charge in [-0.3, -0.25) is 0 Å². The first-order valence-electron chi connectivity index (χ1n) is 6.06. The number of hydrogen-bond donors (Lipinski definition) is 2. The summed E-state index contributed by atoms with van der Waals surface area (Å²) in [4.78, 5) is 0. The molecule has 106 valence electrons. The second-order valence-electron chi connectivity index (χ2n) is 4.75. The monoisotopic (exact) mass is 313 g/mol. The van der Waals surface area contributed by atoms with Crippen molar-refractivity contribution in [2.45, 2.75) is 12.5 Å². The largest absolute Gasteiger partial charge is 0.384 e. The van der Waals surface area contributed by atoms with E-state index in [0.29, 0.717) is 5.69 Å². The van der Waals surface area contributed by atoms with Gasteiger partial charge in [0, 0.05) is 12.2 Å². The molecule has 0 aliphatic carbocycles. The molecule has 0 saturated carbocycles. The fourth-order valence-corrected chi connectivity index (χ4v) is 2.32. The van der Waals surface area contributed by atoms with Gasteiger partial charge in [-0.15, -0.1) is 0 Å². The van der Waals surface area contributed by atoms with Gasteiger partial charge in [0.05, 0.1) is 10.0 Å². The smallest absolute Gasteiger partial charge is 0.160 e. The normalized spacial score (nSPS) is 13.8. The van der Waals surface area contributed by atoms with Crippen molar-refractivity contribution >= 4 is 28.9 Å². The Kier molecular flexibility index (Phi) is 4.53. The van der Waals surface area contributed by atoms with Gasteiger partial charge in [-0.1, -0.05) is 53.5 Å². The number of nitrogens with one attached hydrogen (secondary N) is 1. The number of rotatable bonds is 4. The average molecular weight is 314 g/mol. The first-order valence-corrected chi connectivity index (χ1v) is 6.82. The summed E-state index contributed by atoms with van der Waals surface area (Å²) in [5.41, 5.74) is 0.277. The lowest BCUT2D eigenvalue weighted by Gasteiger charge is -2.25. The molecule has 0 amide bonds. The lowest BCUT2D eigenvalue weighted by molar-refractivity contribution is 0.0715. The molecule has 2 N–H and O–H groups in total. The number of anilines is 1. The zero-order chi connectivity index (χ0) is 14.8. The van der Waals surface area contributed by atoms with Gasteiger partial charge >= 0.3 is 0 Å². The first-order chi connectivity index (χ1) is 9.40. The summed E-state index contributed by atoms with van der Waals surface area (Å²) < 4.78 is 13.3. The van der Waals surface area contributed by atoms with Gasteiger partial charge in [-0.25, -0.2) is 4.39 Å². The van der Waals surface area contributed by atoms with E-state index in [-0.39, 0.29) is 16.6 Å². The van der Waals surface area contributed by atoms with Crippen LogP contribution < -0.4 is 5.32 Å². The summed E-state index contributed by atoms with van der Waals surface area (Å²) in [6, 6.07) is 12.1. The molecule has 0 fully saturated rings. The summed E-state index contributed by atoms with van der Waals surface area (Å²) in [5, 5.41) is 13.3. The molecule has 0 radical (unpaired) electrons. The van der Waals surface area contributed by atoms with E-state index in [4.69, 9.17) is 23.2 Å². The van der Waals surface area contributed by atoms with Crippen LogP contribution in [0.5, 0.6) is 0 Å². The fourth-order valence-electron chi connectivity index (χ4n) is 1.83. The highest BCUT2D eigenvalue weighted by Crippen LogP contribution is 2.28. The van der Waals surface area contributed by atoms with Gasteiger partial charge in [0.2, 0.25) is 0 Å². The van der Waals surface area contributed by atoms with E-state index < -0.39 is 11.4 Å². The third kappa shape index (κ3) is 3.42. The van der Waals surface area contributed by atoms with Crippen LogP contribution in [0.25, 0.3) is 0 Å². The lowest BCUT2D eigenvalue weighted by atomic mass is 9.96. The van der Waals surface area contributed by atoms with Gasteiger partial charge in [-0.05, 0) is 24.6 Å². The molecular formula is C15H14Cl2FNO. The molecule has 0 heterocycles. The zero-order valence-corrected chi connectivity index (χ0v) is 12.3. The minimum atomic E-state index is -1.06. The van der Waals surface area contributed by atoms with Crippen molar-refractivity contribution in [2.75, 3.05) is 11.9 Å². The molecule has 20 heavy (non-hydrogen) atoms. The highest BCUT2D eigenvalue weighted by Gasteiger charge is 2.22. The van der Waals surface area contributed by atoms with Gasteiger partial charge in [0.1, 0.15) is 5.60 Å². The quantitative estimate of drug-likeness (QED) is 0.817. The molecule has 5 heteroatoms. The van der Waals surface area contributed by atoms with Crippen molar-refractivity contribution in [2.24, 2.45) is 0 Å². The Hall–Kier alpha value is -1.29. The van der Waals surface area contributed by atoms with Crippen molar-refractivity contribution < 1.29 is 9.50 Å². The third-order valence-electron chi connectivity index (χ3n) is 3.02. The Morgan fingerprint density at radius 3 is 2.25 bits per heavy atom. The van der Waals surface area contributed by atoms with Crippen molar-refractivity contribution in [1.82, 2.24) is 0 Å². The summed E-state index contributed by atoms with van der Waals surface area (Å²) in [6.45, 7) is 1.94. The van der Waals surface area contributed by atoms with E-state index in [1.165, 1.54) is 12.1 Å². The molecule has 0 saturated heterocycles. The van der Waals surface area contributed by atoms with Crippen LogP contribution in [0.2, 0.25) is 10.0 Å². The van der Waals surface area contributed by atoms with Crippen molar-refractivity contribution in [3.05, 3.63) is 63.9 Å². The van der Waals surface area contributed by atoms with E-state index in [0.717, 1.165) is 5.56 Å². The molecule has 2 nitrogen and oxygen atoms in total. The van der Waals surface area contributed by atoms with Crippen LogP contribution in [0.3, 0.4) is 0 Å². The number of aliphatic hydroxyl groups is 1. The zero-order valence-electron chi connectivity index (χ0n) is 10.8. The Morgan fingerprint density at radius 1 is 1.15 bits per heavy atom. The Morgan fingerprint density at radius 2 is 1.70 bits per heavy atom. The van der Waals surface area contributed by atoms with E-state index in [1.54, 1.807) is 6.92 Å². The number of halogens is 3. The summed E-state index contributed by atoms with van der Waals surface area (Å²) in [6.07, 6.45) is 0. The highest BCUT2D eigenvalue weighted by molar-refractivity contribution is 6.35. The van der Waals surface area contributed by atoms with Crippen LogP contribution in [0.15, 0.2) is 42.5 Å². The van der Waals surface area contributed by atoms with E-state index in [9.17, 15) is 9.50 Å². The molecule has 0 aliphatic heterocycles. The minimum Gasteiger partial charge on any atom is -0.384 e. The molecule has 2 rings (SSSR count). The molecule has 0 bridgehead atoms. The maximum atomic E-state index is 13.3. The second-order valence-corrected chi connectivity index (χ2v) is 5.56. The molecule has 1 atom stereocenters. The molecule has 2 aromatic carbocycles. The van der Waals surface area contributed by atoms with E-state index in [1.807, 2.05) is 30.3 Å².